The SMILES string of the molecule is C=C1[C@H](O)C[C@H]2[C@@H]3[C@H](CCCCCN(C)CCCSCCCC(F)(F)C(F)(F)F)Cc4cc(O)ccc4[C@H]3CC[C@]12C. The molecule has 2 fully saturated rings. The minimum Gasteiger partial charge on any atom is -0.508 e. The summed E-state index contributed by atoms with van der Waals surface area (Å²) in [6, 6.07) is 5.91. The number of halogens is 5. The van der Waals surface area contributed by atoms with Gasteiger partial charge in [0.2, 0.25) is 0 Å². The Hall–Kier alpha value is -1.32. The van der Waals surface area contributed by atoms with Gasteiger partial charge in [-0.2, -0.15) is 33.7 Å². The highest BCUT2D eigenvalue weighted by Gasteiger charge is 2.57. The predicted molar refractivity (Wildman–Crippen MR) is 160 cm³/mol. The lowest BCUT2D eigenvalue weighted by Crippen LogP contribution is -2.44. The summed E-state index contributed by atoms with van der Waals surface area (Å²) < 4.78 is 62.6. The molecule has 0 unspecified atom stereocenters. The number of nitrogens with zero attached hydrogens (tertiary/aromatic N) is 1. The Bertz CT molecular complexity index is 1070. The zero-order valence-corrected chi connectivity index (χ0v) is 25.9. The summed E-state index contributed by atoms with van der Waals surface area (Å²) >= 11 is 1.44. The smallest absolute Gasteiger partial charge is 0.453 e. The summed E-state index contributed by atoms with van der Waals surface area (Å²) in [7, 11) is 2.07. The normalized spacial score (nSPS) is 29.5. The first-order valence-electron chi connectivity index (χ1n) is 15.6. The topological polar surface area (TPSA) is 43.7 Å². The van der Waals surface area contributed by atoms with Crippen molar-refractivity contribution in [2.24, 2.45) is 23.2 Å². The van der Waals surface area contributed by atoms with Crippen LogP contribution in [0.2, 0.25) is 0 Å². The van der Waals surface area contributed by atoms with Gasteiger partial charge < -0.3 is 15.1 Å². The van der Waals surface area contributed by atoms with E-state index in [0.717, 1.165) is 82.2 Å². The van der Waals surface area contributed by atoms with Gasteiger partial charge in [-0.3, -0.25) is 0 Å². The van der Waals surface area contributed by atoms with Gasteiger partial charge in [-0.05, 0) is 141 Å². The molecule has 9 heteroatoms. The molecule has 42 heavy (non-hydrogen) atoms. The van der Waals surface area contributed by atoms with Crippen LogP contribution in [0.1, 0.15) is 88.2 Å². The molecule has 0 aliphatic heterocycles. The lowest BCUT2D eigenvalue weighted by Gasteiger charge is -2.52. The Kier molecular flexibility index (Phi) is 11.0. The first kappa shape index (κ1) is 33.6. The Balaban J connectivity index is 1.18. The van der Waals surface area contributed by atoms with Crippen molar-refractivity contribution in [1.82, 2.24) is 4.90 Å². The summed E-state index contributed by atoms with van der Waals surface area (Å²) in [4.78, 5) is 2.27. The van der Waals surface area contributed by atoms with E-state index in [2.05, 4.69) is 31.5 Å². The summed E-state index contributed by atoms with van der Waals surface area (Å²) in [5.41, 5.74) is 3.70. The van der Waals surface area contributed by atoms with Crippen LogP contribution in [0, 0.1) is 23.2 Å². The molecule has 0 radical (unpaired) electrons. The monoisotopic (exact) mass is 617 g/mol. The molecule has 3 aliphatic carbocycles. The number of phenols is 1. The summed E-state index contributed by atoms with van der Waals surface area (Å²) in [6.45, 7) is 8.49. The van der Waals surface area contributed by atoms with Crippen LogP contribution >= 0.6 is 11.8 Å². The molecule has 3 nitrogen and oxygen atoms in total. The highest BCUT2D eigenvalue weighted by molar-refractivity contribution is 7.99. The minimum atomic E-state index is -5.46. The second kappa shape index (κ2) is 13.8. The average Bonchev–Trinajstić information content (AvgIpc) is 3.15. The van der Waals surface area contributed by atoms with Crippen molar-refractivity contribution in [2.45, 2.75) is 102 Å². The number of unbranched alkanes of at least 4 members (excludes halogenated alkanes) is 2. The summed E-state index contributed by atoms with van der Waals surface area (Å²) in [5, 5.41) is 21.0. The zero-order valence-electron chi connectivity index (χ0n) is 25.1. The Morgan fingerprint density at radius 1 is 1.05 bits per heavy atom. The third kappa shape index (κ3) is 7.48. The fourth-order valence-corrected chi connectivity index (χ4v) is 9.02. The van der Waals surface area contributed by atoms with Crippen molar-refractivity contribution in [3.8, 4) is 5.75 Å². The lowest BCUT2D eigenvalue weighted by molar-refractivity contribution is -0.284. The number of rotatable bonds is 14. The number of aliphatic hydroxyl groups is 1. The average molecular weight is 618 g/mol. The van der Waals surface area contributed by atoms with E-state index in [1.807, 2.05) is 12.1 Å². The highest BCUT2D eigenvalue weighted by atomic mass is 32.2. The molecular weight excluding hydrogens is 569 g/mol. The van der Waals surface area contributed by atoms with Crippen LogP contribution in [0.4, 0.5) is 22.0 Å². The van der Waals surface area contributed by atoms with E-state index in [1.165, 1.54) is 22.9 Å². The van der Waals surface area contributed by atoms with Crippen LogP contribution in [0.3, 0.4) is 0 Å². The van der Waals surface area contributed by atoms with Crippen LogP contribution in [0.25, 0.3) is 0 Å². The largest absolute Gasteiger partial charge is 0.508 e. The molecule has 2 N–H and O–H groups in total. The van der Waals surface area contributed by atoms with E-state index < -0.39 is 24.6 Å². The van der Waals surface area contributed by atoms with Crippen LogP contribution in [-0.4, -0.2) is 65.0 Å². The number of alkyl halides is 5. The van der Waals surface area contributed by atoms with Crippen molar-refractivity contribution >= 4 is 11.8 Å². The standard InChI is InChI=1S/C33H48F5NO2S/c1-22-29(41)21-28-30-23(19-24-20-25(40)10-11-26(24)27(30)12-14-31(22,28)2)9-5-4-6-15-39(3)16-8-18-42-17-7-13-32(34,35)33(36,37)38/h10-11,20,23,27-30,40-41H,1,4-9,12-19,21H2,2-3H3/t23-,27-,28+,29-,30-,31-/m1/s1. The molecule has 0 spiro atoms. The highest BCUT2D eigenvalue weighted by Crippen LogP contribution is 2.64. The van der Waals surface area contributed by atoms with Crippen LogP contribution in [-0.2, 0) is 6.42 Å². The molecule has 4 rings (SSSR count). The quantitative estimate of drug-likeness (QED) is 0.125. The second-order valence-corrected chi connectivity index (χ2v) is 14.5. The number of hydrogen-bond donors (Lipinski definition) is 2. The van der Waals surface area contributed by atoms with Gasteiger partial charge in [0.25, 0.3) is 0 Å². The van der Waals surface area contributed by atoms with Gasteiger partial charge in [0.15, 0.2) is 0 Å². The van der Waals surface area contributed by atoms with Gasteiger partial charge in [0, 0.05) is 6.42 Å². The summed E-state index contributed by atoms with van der Waals surface area (Å²) in [6.07, 6.45) is 2.17. The maximum atomic E-state index is 13.0. The number of hydrogen-bond acceptors (Lipinski definition) is 4. The van der Waals surface area contributed by atoms with Crippen molar-refractivity contribution in [1.29, 1.82) is 0 Å². The first-order chi connectivity index (χ1) is 19.7. The van der Waals surface area contributed by atoms with Gasteiger partial charge in [0.1, 0.15) is 5.75 Å². The molecular formula is C33H48F5NO2S. The van der Waals surface area contributed by atoms with Gasteiger partial charge >= 0.3 is 12.1 Å². The van der Waals surface area contributed by atoms with Crippen molar-refractivity contribution in [3.05, 3.63) is 41.5 Å². The lowest BCUT2D eigenvalue weighted by atomic mass is 9.52. The third-order valence-corrected chi connectivity index (χ3v) is 11.7. The number of aliphatic hydroxyl groups excluding tert-OH is 1. The maximum absolute atomic E-state index is 13.0. The molecule has 0 heterocycles. The van der Waals surface area contributed by atoms with Crippen molar-refractivity contribution < 1.29 is 32.2 Å². The molecule has 3 aliphatic rings. The van der Waals surface area contributed by atoms with E-state index in [0.29, 0.717) is 35.2 Å². The third-order valence-electron chi connectivity index (χ3n) is 10.5. The van der Waals surface area contributed by atoms with Gasteiger partial charge in [-0.15, -0.1) is 0 Å². The Morgan fingerprint density at radius 2 is 1.76 bits per heavy atom. The Morgan fingerprint density at radius 3 is 2.50 bits per heavy atom. The molecule has 1 aromatic rings. The molecule has 1 aromatic carbocycles. The van der Waals surface area contributed by atoms with Gasteiger partial charge in [0.05, 0.1) is 6.10 Å². The number of fused-ring (bicyclic) bond motifs is 5. The van der Waals surface area contributed by atoms with Crippen LogP contribution in [0.5, 0.6) is 5.75 Å². The molecule has 0 saturated heterocycles. The molecule has 0 aromatic heterocycles. The zero-order chi connectivity index (χ0) is 30.7. The number of benzene rings is 1. The molecule has 0 bridgehead atoms. The van der Waals surface area contributed by atoms with E-state index in [9.17, 15) is 32.2 Å². The number of thioether (sulfide) groups is 1. The molecule has 0 amide bonds. The summed E-state index contributed by atoms with van der Waals surface area (Å²) in [5.74, 6) is -1.23. The fraction of sp³-hybridized carbons (Fsp3) is 0.758. The molecule has 2 saturated carbocycles. The maximum Gasteiger partial charge on any atom is 0.453 e. The van der Waals surface area contributed by atoms with E-state index >= 15 is 0 Å². The first-order valence-corrected chi connectivity index (χ1v) is 16.8. The Labute approximate surface area is 252 Å². The molecule has 238 valence electrons. The van der Waals surface area contributed by atoms with Gasteiger partial charge in [-0.1, -0.05) is 32.4 Å². The van der Waals surface area contributed by atoms with E-state index in [4.69, 9.17) is 0 Å². The minimum absolute atomic E-state index is 0.00238. The van der Waals surface area contributed by atoms with E-state index in [-0.39, 0.29) is 11.8 Å². The van der Waals surface area contributed by atoms with Crippen molar-refractivity contribution in [2.75, 3.05) is 31.6 Å². The number of aromatic hydroxyl groups is 1. The number of phenolic OH excluding ortho intramolecular Hbond substituents is 1. The van der Waals surface area contributed by atoms with Crippen LogP contribution < -0.4 is 0 Å². The van der Waals surface area contributed by atoms with E-state index in [1.54, 1.807) is 0 Å². The van der Waals surface area contributed by atoms with Crippen LogP contribution in [0.15, 0.2) is 30.4 Å². The second-order valence-electron chi connectivity index (χ2n) is 13.3. The fourth-order valence-electron chi connectivity index (χ4n) is 8.13. The predicted octanol–water partition coefficient (Wildman–Crippen LogP) is 8.59. The van der Waals surface area contributed by atoms with Gasteiger partial charge in [-0.25, -0.2) is 0 Å². The van der Waals surface area contributed by atoms with Crippen molar-refractivity contribution in [3.63, 3.8) is 0 Å². The molecule has 6 atom stereocenters.